The van der Waals surface area contributed by atoms with Crippen LogP contribution >= 0.6 is 0 Å². The van der Waals surface area contributed by atoms with E-state index in [4.69, 9.17) is 4.74 Å². The first-order valence-electron chi connectivity index (χ1n) is 4.88. The van der Waals surface area contributed by atoms with Gasteiger partial charge in [0.1, 0.15) is 6.33 Å². The van der Waals surface area contributed by atoms with Crippen molar-refractivity contribution in [2.75, 3.05) is 6.61 Å². The summed E-state index contributed by atoms with van der Waals surface area (Å²) >= 11 is 0. The van der Waals surface area contributed by atoms with Gasteiger partial charge in [-0.3, -0.25) is 0 Å². The van der Waals surface area contributed by atoms with Gasteiger partial charge in [-0.2, -0.15) is 0 Å². The molecule has 0 saturated carbocycles. The van der Waals surface area contributed by atoms with Crippen LogP contribution in [-0.2, 0) is 4.74 Å². The van der Waals surface area contributed by atoms with E-state index in [1.54, 1.807) is 18.8 Å². The Morgan fingerprint density at radius 3 is 3.20 bits per heavy atom. The fourth-order valence-electron chi connectivity index (χ4n) is 1.33. The van der Waals surface area contributed by atoms with Crippen LogP contribution in [0.3, 0.4) is 0 Å². The average molecular weight is 200 g/mol. The van der Waals surface area contributed by atoms with Gasteiger partial charge < -0.3 is 4.74 Å². The summed E-state index contributed by atoms with van der Waals surface area (Å²) < 4.78 is 5.14. The molecule has 3 heteroatoms. The molecule has 0 aliphatic carbocycles. The summed E-state index contributed by atoms with van der Waals surface area (Å²) in [7, 11) is 0. The summed E-state index contributed by atoms with van der Waals surface area (Å²) in [6.45, 7) is 2.64. The van der Waals surface area contributed by atoms with E-state index >= 15 is 0 Å². The van der Waals surface area contributed by atoms with Gasteiger partial charge in [-0.25, -0.2) is 9.97 Å². The van der Waals surface area contributed by atoms with Gasteiger partial charge in [0.25, 0.3) is 0 Å². The third kappa shape index (κ3) is 2.31. The van der Waals surface area contributed by atoms with E-state index < -0.39 is 0 Å². The van der Waals surface area contributed by atoms with Crippen molar-refractivity contribution in [3.05, 3.63) is 42.5 Å². The number of nitrogens with zero attached hydrogens (tertiary/aromatic N) is 2. The lowest BCUT2D eigenvalue weighted by atomic mass is 10.1. The summed E-state index contributed by atoms with van der Waals surface area (Å²) in [4.78, 5) is 8.14. The standard InChI is InChI=1S/C12H12N2O/c1-2-15-6-5-10-3-4-12-11(7-10)8-13-9-14-12/h3-9H,2H2,1H3/b6-5+. The van der Waals surface area contributed by atoms with E-state index in [9.17, 15) is 0 Å². The molecule has 0 bridgehead atoms. The lowest BCUT2D eigenvalue weighted by Crippen LogP contribution is -1.82. The maximum absolute atomic E-state index is 5.14. The largest absolute Gasteiger partial charge is 0.501 e. The van der Waals surface area contributed by atoms with Crippen LogP contribution in [0.2, 0.25) is 0 Å². The Kier molecular flexibility index (Phi) is 2.93. The highest BCUT2D eigenvalue weighted by molar-refractivity contribution is 5.80. The zero-order chi connectivity index (χ0) is 10.5. The number of hydrogen-bond donors (Lipinski definition) is 0. The molecule has 0 atom stereocenters. The van der Waals surface area contributed by atoms with Crippen LogP contribution in [0.25, 0.3) is 17.0 Å². The quantitative estimate of drug-likeness (QED) is 0.714. The van der Waals surface area contributed by atoms with Crippen LogP contribution in [-0.4, -0.2) is 16.6 Å². The molecule has 15 heavy (non-hydrogen) atoms. The number of aromatic nitrogens is 2. The molecule has 0 fully saturated rings. The number of rotatable bonds is 3. The van der Waals surface area contributed by atoms with Crippen molar-refractivity contribution >= 4 is 17.0 Å². The fourth-order valence-corrected chi connectivity index (χ4v) is 1.33. The van der Waals surface area contributed by atoms with Crippen molar-refractivity contribution in [3.8, 4) is 0 Å². The highest BCUT2D eigenvalue weighted by Gasteiger charge is 1.94. The van der Waals surface area contributed by atoms with Crippen molar-refractivity contribution in [1.82, 2.24) is 9.97 Å². The Bertz CT molecular complexity index is 480. The first-order chi connectivity index (χ1) is 7.40. The second-order valence-corrected chi connectivity index (χ2v) is 3.10. The van der Waals surface area contributed by atoms with E-state index in [1.807, 2.05) is 31.2 Å². The molecule has 0 radical (unpaired) electrons. The van der Waals surface area contributed by atoms with Crippen LogP contribution in [0.1, 0.15) is 12.5 Å². The van der Waals surface area contributed by atoms with Gasteiger partial charge in [0.05, 0.1) is 18.4 Å². The minimum atomic E-state index is 0.688. The molecule has 0 spiro atoms. The highest BCUT2D eigenvalue weighted by Crippen LogP contribution is 2.13. The Morgan fingerprint density at radius 2 is 2.33 bits per heavy atom. The molecule has 0 unspecified atom stereocenters. The van der Waals surface area contributed by atoms with E-state index in [0.717, 1.165) is 16.5 Å². The molecular weight excluding hydrogens is 188 g/mol. The molecule has 0 aliphatic heterocycles. The molecule has 1 aromatic carbocycles. The number of benzene rings is 1. The number of fused-ring (bicyclic) bond motifs is 1. The van der Waals surface area contributed by atoms with Crippen molar-refractivity contribution in [1.29, 1.82) is 0 Å². The fraction of sp³-hybridized carbons (Fsp3) is 0.167. The number of ether oxygens (including phenoxy) is 1. The lowest BCUT2D eigenvalue weighted by molar-refractivity contribution is 0.272. The Labute approximate surface area is 88.4 Å². The number of hydrogen-bond acceptors (Lipinski definition) is 3. The predicted molar refractivity (Wildman–Crippen MR) is 60.2 cm³/mol. The first kappa shape index (κ1) is 9.65. The van der Waals surface area contributed by atoms with Crippen molar-refractivity contribution < 1.29 is 4.74 Å². The predicted octanol–water partition coefficient (Wildman–Crippen LogP) is 2.64. The normalized spacial score (nSPS) is 11.0. The Hall–Kier alpha value is -1.90. The zero-order valence-corrected chi connectivity index (χ0v) is 8.55. The first-order valence-corrected chi connectivity index (χ1v) is 4.88. The van der Waals surface area contributed by atoms with E-state index in [0.29, 0.717) is 6.61 Å². The van der Waals surface area contributed by atoms with Gasteiger partial charge in [0, 0.05) is 11.6 Å². The van der Waals surface area contributed by atoms with Gasteiger partial charge in [-0.1, -0.05) is 6.07 Å². The molecule has 2 aromatic rings. The SMILES string of the molecule is CCO/C=C/c1ccc2ncncc2c1. The van der Waals surface area contributed by atoms with Crippen LogP contribution < -0.4 is 0 Å². The van der Waals surface area contributed by atoms with E-state index in [2.05, 4.69) is 9.97 Å². The van der Waals surface area contributed by atoms with Gasteiger partial charge in [-0.15, -0.1) is 0 Å². The van der Waals surface area contributed by atoms with Crippen LogP contribution in [0.15, 0.2) is 37.0 Å². The van der Waals surface area contributed by atoms with Gasteiger partial charge in [0.15, 0.2) is 0 Å². The molecule has 0 saturated heterocycles. The van der Waals surface area contributed by atoms with Gasteiger partial charge in [0.2, 0.25) is 0 Å². The second-order valence-electron chi connectivity index (χ2n) is 3.10. The minimum Gasteiger partial charge on any atom is -0.501 e. The summed E-state index contributed by atoms with van der Waals surface area (Å²) in [5.41, 5.74) is 2.05. The second kappa shape index (κ2) is 4.55. The molecule has 1 aromatic heterocycles. The van der Waals surface area contributed by atoms with Gasteiger partial charge in [-0.05, 0) is 30.7 Å². The molecule has 76 valence electrons. The highest BCUT2D eigenvalue weighted by atomic mass is 16.5. The third-order valence-corrected chi connectivity index (χ3v) is 2.05. The summed E-state index contributed by atoms with van der Waals surface area (Å²) in [5.74, 6) is 0. The molecule has 3 nitrogen and oxygen atoms in total. The van der Waals surface area contributed by atoms with E-state index in [1.165, 1.54) is 0 Å². The molecule has 2 rings (SSSR count). The third-order valence-electron chi connectivity index (χ3n) is 2.05. The summed E-state index contributed by atoms with van der Waals surface area (Å²) in [6.07, 6.45) is 6.99. The molecule has 0 N–H and O–H groups in total. The maximum Gasteiger partial charge on any atom is 0.116 e. The molecule has 0 aliphatic rings. The Morgan fingerprint density at radius 1 is 1.40 bits per heavy atom. The topological polar surface area (TPSA) is 35.0 Å². The van der Waals surface area contributed by atoms with Crippen molar-refractivity contribution in [2.24, 2.45) is 0 Å². The zero-order valence-electron chi connectivity index (χ0n) is 8.55. The minimum absolute atomic E-state index is 0.688. The monoisotopic (exact) mass is 200 g/mol. The van der Waals surface area contributed by atoms with Crippen LogP contribution in [0.5, 0.6) is 0 Å². The smallest absolute Gasteiger partial charge is 0.116 e. The lowest BCUT2D eigenvalue weighted by Gasteiger charge is -1.98. The Balaban J connectivity index is 2.30. The maximum atomic E-state index is 5.14. The summed E-state index contributed by atoms with van der Waals surface area (Å²) in [6, 6.07) is 6.01. The molecular formula is C12H12N2O. The van der Waals surface area contributed by atoms with Crippen LogP contribution in [0, 0.1) is 0 Å². The van der Waals surface area contributed by atoms with E-state index in [-0.39, 0.29) is 0 Å². The summed E-state index contributed by atoms with van der Waals surface area (Å²) in [5, 5.41) is 1.04. The molecule has 0 amide bonds. The average Bonchev–Trinajstić information content (AvgIpc) is 2.29. The van der Waals surface area contributed by atoms with Crippen molar-refractivity contribution in [3.63, 3.8) is 0 Å². The van der Waals surface area contributed by atoms with Crippen LogP contribution in [0.4, 0.5) is 0 Å². The van der Waals surface area contributed by atoms with Crippen molar-refractivity contribution in [2.45, 2.75) is 6.92 Å². The van der Waals surface area contributed by atoms with Gasteiger partial charge >= 0.3 is 0 Å². The molecule has 1 heterocycles.